The van der Waals surface area contributed by atoms with Gasteiger partial charge in [-0.2, -0.15) is 0 Å². The van der Waals surface area contributed by atoms with Gasteiger partial charge in [-0.15, -0.1) is 0 Å². The van der Waals surface area contributed by atoms with Crippen molar-refractivity contribution in [1.29, 1.82) is 0 Å². The minimum Gasteiger partial charge on any atom is -0.488 e. The van der Waals surface area contributed by atoms with Gasteiger partial charge in [0, 0.05) is 12.8 Å². The summed E-state index contributed by atoms with van der Waals surface area (Å²) < 4.78 is 37.9. The van der Waals surface area contributed by atoms with Gasteiger partial charge < -0.3 is 23.8 Å². The Morgan fingerprint density at radius 2 is 1.26 bits per heavy atom. The average molecular weight is 565 g/mol. The van der Waals surface area contributed by atoms with Gasteiger partial charge in [0.15, 0.2) is 0 Å². The van der Waals surface area contributed by atoms with E-state index in [4.69, 9.17) is 18.9 Å². The summed E-state index contributed by atoms with van der Waals surface area (Å²) in [7, 11) is -3.97. The highest BCUT2D eigenvalue weighted by Gasteiger charge is 2.52. The van der Waals surface area contributed by atoms with Crippen molar-refractivity contribution in [2.45, 2.75) is 104 Å². The van der Waals surface area contributed by atoms with Crippen molar-refractivity contribution < 1.29 is 28.4 Å². The first-order valence-corrected chi connectivity index (χ1v) is 15.1. The maximum Gasteiger partial charge on any atom is 0.261 e. The zero-order valence-electron chi connectivity index (χ0n) is 26.0. The van der Waals surface area contributed by atoms with Crippen molar-refractivity contribution in [2.75, 3.05) is 13.2 Å². The number of hydrogen-bond donors (Lipinski definition) is 1. The van der Waals surface area contributed by atoms with E-state index in [9.17, 15) is 9.46 Å². The normalized spacial score (nSPS) is 16.2. The van der Waals surface area contributed by atoms with Crippen molar-refractivity contribution in [1.82, 2.24) is 0 Å². The fraction of sp³-hybridized carbons (Fsp3) is 0.562. The Morgan fingerprint density at radius 1 is 0.769 bits per heavy atom. The van der Waals surface area contributed by atoms with Crippen LogP contribution in [-0.4, -0.2) is 40.0 Å². The Bertz CT molecular complexity index is 977. The molecule has 1 atom stereocenters. The third kappa shape index (κ3) is 13.2. The van der Waals surface area contributed by atoms with Crippen LogP contribution >= 0.6 is 7.37 Å². The standard InChI is InChI=1S/C32H53O6P/c1-13-17-19-21-27(15-3)37-29(5,6)23-25-35-31(9,10)39(33,34)32(11,12)36-26-24-30(7,8)38-28(16-4)22-20-18-14-2/h13-22H,1,3,23-26H2,2,4-12H3,(H,33,34)/b18-14-,19-17-,22-20-,27-21+,28-16+. The molecule has 0 heterocycles. The molecule has 0 fully saturated rings. The molecule has 6 nitrogen and oxygen atoms in total. The zero-order valence-corrected chi connectivity index (χ0v) is 26.8. The molecule has 0 saturated heterocycles. The van der Waals surface area contributed by atoms with Gasteiger partial charge in [-0.05, 0) is 93.5 Å². The van der Waals surface area contributed by atoms with E-state index >= 15 is 0 Å². The lowest BCUT2D eigenvalue weighted by atomic mass is 10.1. The molecule has 0 aliphatic heterocycles. The molecule has 0 radical (unpaired) electrons. The lowest BCUT2D eigenvalue weighted by Crippen LogP contribution is -2.39. The minimum atomic E-state index is -3.97. The Hall–Kier alpha value is -2.11. The van der Waals surface area contributed by atoms with Crippen molar-refractivity contribution in [3.05, 3.63) is 85.4 Å². The molecular formula is C32H53O6P. The van der Waals surface area contributed by atoms with Crippen LogP contribution in [0.15, 0.2) is 85.4 Å². The van der Waals surface area contributed by atoms with E-state index in [0.29, 0.717) is 18.6 Å². The van der Waals surface area contributed by atoms with Gasteiger partial charge in [-0.25, -0.2) is 0 Å². The lowest BCUT2D eigenvalue weighted by Gasteiger charge is -2.41. The molecule has 7 heteroatoms. The molecule has 0 rings (SSSR count). The second kappa shape index (κ2) is 16.2. The second-order valence-electron chi connectivity index (χ2n) is 11.4. The van der Waals surface area contributed by atoms with Gasteiger partial charge in [-0.3, -0.25) is 4.57 Å². The molecule has 0 aromatic carbocycles. The average Bonchev–Trinajstić information content (AvgIpc) is 2.82. The summed E-state index contributed by atoms with van der Waals surface area (Å²) in [5, 5.41) is -2.66. The Labute approximate surface area is 238 Å². The van der Waals surface area contributed by atoms with Crippen LogP contribution in [0.4, 0.5) is 0 Å². The molecule has 0 aliphatic rings. The van der Waals surface area contributed by atoms with E-state index in [1.54, 1.807) is 52.0 Å². The Balaban J connectivity index is 5.17. The SMILES string of the molecule is C=C/C=C\C=C(/C=C)OC(C)(C)CCOC(C)(C)P(=O)(O)C(C)(C)OCCC(C)(C)OC(/C=C\C=C/C)=C/C. The summed E-state index contributed by atoms with van der Waals surface area (Å²) in [5.41, 5.74) is -1.11. The van der Waals surface area contributed by atoms with Gasteiger partial charge >= 0.3 is 0 Å². The Morgan fingerprint density at radius 3 is 1.67 bits per heavy atom. The molecule has 0 aromatic heterocycles. The summed E-state index contributed by atoms with van der Waals surface area (Å²) in [6.45, 7) is 26.1. The number of hydrogen-bond acceptors (Lipinski definition) is 5. The van der Waals surface area contributed by atoms with Crippen LogP contribution in [0.3, 0.4) is 0 Å². The van der Waals surface area contributed by atoms with Crippen LogP contribution in [0.25, 0.3) is 0 Å². The number of rotatable bonds is 19. The van der Waals surface area contributed by atoms with Gasteiger partial charge in [0.05, 0.1) is 13.2 Å². The minimum absolute atomic E-state index is 0.223. The zero-order chi connectivity index (χ0) is 30.4. The quantitative estimate of drug-likeness (QED) is 0.0959. The highest BCUT2D eigenvalue weighted by molar-refractivity contribution is 7.60. The second-order valence-corrected chi connectivity index (χ2v) is 14.7. The third-order valence-corrected chi connectivity index (χ3v) is 9.30. The molecule has 39 heavy (non-hydrogen) atoms. The first-order chi connectivity index (χ1) is 17.9. The molecule has 222 valence electrons. The molecule has 1 N–H and O–H groups in total. The maximum absolute atomic E-state index is 13.7. The van der Waals surface area contributed by atoms with Crippen LogP contribution in [0.5, 0.6) is 0 Å². The fourth-order valence-electron chi connectivity index (χ4n) is 3.48. The fourth-order valence-corrected chi connectivity index (χ4v) is 5.31. The predicted molar refractivity (Wildman–Crippen MR) is 165 cm³/mol. The number of ether oxygens (including phenoxy) is 4. The van der Waals surface area contributed by atoms with E-state index in [0.717, 1.165) is 5.76 Å². The summed E-state index contributed by atoms with van der Waals surface area (Å²) in [4.78, 5) is 11.2. The maximum atomic E-state index is 13.7. The van der Waals surface area contributed by atoms with E-state index in [1.807, 2.05) is 78.0 Å². The first kappa shape index (κ1) is 36.9. The van der Waals surface area contributed by atoms with E-state index in [-0.39, 0.29) is 13.2 Å². The van der Waals surface area contributed by atoms with Crippen molar-refractivity contribution in [3.8, 4) is 0 Å². The molecule has 0 aliphatic carbocycles. The van der Waals surface area contributed by atoms with Crippen LogP contribution < -0.4 is 0 Å². The molecule has 0 aromatic rings. The van der Waals surface area contributed by atoms with E-state index < -0.39 is 29.3 Å². The van der Waals surface area contributed by atoms with Crippen LogP contribution in [0.1, 0.15) is 82.1 Å². The van der Waals surface area contributed by atoms with Gasteiger partial charge in [-0.1, -0.05) is 49.6 Å². The first-order valence-electron chi connectivity index (χ1n) is 13.5. The third-order valence-electron chi connectivity index (χ3n) is 6.12. The summed E-state index contributed by atoms with van der Waals surface area (Å²) >= 11 is 0. The van der Waals surface area contributed by atoms with Crippen LogP contribution in [0, 0.1) is 0 Å². The highest BCUT2D eigenvalue weighted by atomic mass is 31.2. The lowest BCUT2D eigenvalue weighted by molar-refractivity contribution is -0.0432. The summed E-state index contributed by atoms with van der Waals surface area (Å²) in [6.07, 6.45) is 19.3. The summed E-state index contributed by atoms with van der Waals surface area (Å²) in [6, 6.07) is 0. The van der Waals surface area contributed by atoms with Crippen molar-refractivity contribution >= 4 is 7.37 Å². The summed E-state index contributed by atoms with van der Waals surface area (Å²) in [5.74, 6) is 1.36. The molecular weight excluding hydrogens is 511 g/mol. The molecule has 0 bridgehead atoms. The van der Waals surface area contributed by atoms with Crippen LogP contribution in [0.2, 0.25) is 0 Å². The molecule has 0 spiro atoms. The molecule has 1 unspecified atom stereocenters. The van der Waals surface area contributed by atoms with Crippen LogP contribution in [-0.2, 0) is 23.5 Å². The van der Waals surface area contributed by atoms with Gasteiger partial charge in [0.2, 0.25) is 0 Å². The topological polar surface area (TPSA) is 74.2 Å². The van der Waals surface area contributed by atoms with Gasteiger partial charge in [0.1, 0.15) is 33.4 Å². The Kier molecular flexibility index (Phi) is 15.3. The number of allylic oxidation sites excluding steroid dienone is 10. The predicted octanol–water partition coefficient (Wildman–Crippen LogP) is 8.98. The molecule has 0 amide bonds. The van der Waals surface area contributed by atoms with Crippen molar-refractivity contribution in [3.63, 3.8) is 0 Å². The molecule has 0 saturated carbocycles. The van der Waals surface area contributed by atoms with E-state index in [1.165, 1.54) is 0 Å². The smallest absolute Gasteiger partial charge is 0.261 e. The van der Waals surface area contributed by atoms with E-state index in [2.05, 4.69) is 13.2 Å². The van der Waals surface area contributed by atoms with Crippen molar-refractivity contribution in [2.24, 2.45) is 0 Å². The van der Waals surface area contributed by atoms with Gasteiger partial charge in [0.25, 0.3) is 7.37 Å². The largest absolute Gasteiger partial charge is 0.488 e. The highest BCUT2D eigenvalue weighted by Crippen LogP contribution is 2.64. The monoisotopic (exact) mass is 564 g/mol.